The van der Waals surface area contributed by atoms with Gasteiger partial charge in [0.1, 0.15) is 0 Å². The van der Waals surface area contributed by atoms with Crippen LogP contribution in [0, 0.1) is 0 Å². The Morgan fingerprint density at radius 2 is 2.12 bits per heavy atom. The first kappa shape index (κ1) is 19.7. The Bertz CT molecular complexity index is 547. The van der Waals surface area contributed by atoms with Crippen LogP contribution in [0.3, 0.4) is 0 Å². The number of hydrogen-bond acceptors (Lipinski definition) is 3. The highest BCUT2D eigenvalue weighted by molar-refractivity contribution is 5.85. The Balaban J connectivity index is 2.43. The third-order valence-corrected chi connectivity index (χ3v) is 4.09. The van der Waals surface area contributed by atoms with E-state index in [-0.39, 0.29) is 30.8 Å². The molecule has 0 radical (unpaired) electrons. The Hall–Kier alpha value is -2.30. The minimum atomic E-state index is -0.152. The number of carbonyl (C=O) groups is 2. The number of amides is 2. The molecule has 0 aromatic rings. The van der Waals surface area contributed by atoms with Gasteiger partial charge in [0.05, 0.1) is 6.54 Å². The van der Waals surface area contributed by atoms with E-state index in [4.69, 9.17) is 0 Å². The molecule has 5 nitrogen and oxygen atoms in total. The molecule has 0 unspecified atom stereocenters. The molecule has 2 amide bonds. The molecular weight excluding hydrogens is 302 g/mol. The predicted molar refractivity (Wildman–Crippen MR) is 98.3 cm³/mol. The van der Waals surface area contributed by atoms with E-state index in [2.05, 4.69) is 17.2 Å². The molecule has 5 heteroatoms. The van der Waals surface area contributed by atoms with Crippen LogP contribution in [0.5, 0.6) is 0 Å². The molecule has 1 rings (SSSR count). The number of likely N-dealkylation sites (N-methyl/N-ethyl adjacent to an activating group) is 1. The standard InChI is InChI=1S/C19H29N3O2/c1-5-9-17(20-4)16(6-2)11-7-12-18(23)21-14-19(24)22-13-8-10-15(22)3/h5-7,9,11,15,20H,1,8,10,12-14H2,2-4H3,(H,21,23)/b11-7-,16-6?,17-9+/t15-/m0/s1. The summed E-state index contributed by atoms with van der Waals surface area (Å²) in [5, 5.41) is 5.78. The van der Waals surface area contributed by atoms with Gasteiger partial charge >= 0.3 is 0 Å². The molecule has 0 aromatic carbocycles. The molecule has 1 aliphatic rings. The number of hydrogen-bond donors (Lipinski definition) is 2. The van der Waals surface area contributed by atoms with E-state index >= 15 is 0 Å². The lowest BCUT2D eigenvalue weighted by Gasteiger charge is -2.21. The van der Waals surface area contributed by atoms with Crippen LogP contribution in [0.4, 0.5) is 0 Å². The summed E-state index contributed by atoms with van der Waals surface area (Å²) in [6, 6.07) is 0.281. The lowest BCUT2D eigenvalue weighted by molar-refractivity contribution is -0.133. The van der Waals surface area contributed by atoms with Crippen molar-refractivity contribution < 1.29 is 9.59 Å². The van der Waals surface area contributed by atoms with Gasteiger partial charge in [0.25, 0.3) is 0 Å². The van der Waals surface area contributed by atoms with Crippen molar-refractivity contribution in [2.24, 2.45) is 0 Å². The number of likely N-dealkylation sites (tertiary alicyclic amines) is 1. The van der Waals surface area contributed by atoms with Gasteiger partial charge in [-0.15, -0.1) is 0 Å². The zero-order valence-corrected chi connectivity index (χ0v) is 15.0. The zero-order chi connectivity index (χ0) is 17.9. The summed E-state index contributed by atoms with van der Waals surface area (Å²) in [7, 11) is 1.84. The van der Waals surface area contributed by atoms with Gasteiger partial charge < -0.3 is 15.5 Å². The molecule has 1 atom stereocenters. The summed E-state index contributed by atoms with van der Waals surface area (Å²) in [4.78, 5) is 25.8. The maximum absolute atomic E-state index is 12.0. The van der Waals surface area contributed by atoms with Crippen LogP contribution in [-0.4, -0.2) is 42.9 Å². The quantitative estimate of drug-likeness (QED) is 0.671. The molecule has 2 N–H and O–H groups in total. The fraction of sp³-hybridized carbons (Fsp3) is 0.474. The monoisotopic (exact) mass is 331 g/mol. The Morgan fingerprint density at radius 1 is 1.38 bits per heavy atom. The number of carbonyl (C=O) groups excluding carboxylic acids is 2. The molecule has 24 heavy (non-hydrogen) atoms. The number of nitrogens with one attached hydrogen (secondary N) is 2. The van der Waals surface area contributed by atoms with Gasteiger partial charge in [-0.25, -0.2) is 0 Å². The topological polar surface area (TPSA) is 61.4 Å². The highest BCUT2D eigenvalue weighted by atomic mass is 16.2. The summed E-state index contributed by atoms with van der Waals surface area (Å²) >= 11 is 0. The second-order valence-electron chi connectivity index (χ2n) is 5.77. The van der Waals surface area contributed by atoms with Crippen LogP contribution in [0.15, 0.2) is 48.2 Å². The van der Waals surface area contributed by atoms with Crippen molar-refractivity contribution in [1.29, 1.82) is 0 Å². The minimum absolute atomic E-state index is 0.00198. The normalized spacial score (nSPS) is 18.8. The van der Waals surface area contributed by atoms with Crippen LogP contribution in [0.25, 0.3) is 0 Å². The van der Waals surface area contributed by atoms with Crippen molar-refractivity contribution in [3.63, 3.8) is 0 Å². The van der Waals surface area contributed by atoms with E-state index in [1.807, 2.05) is 44.0 Å². The molecule has 0 aliphatic carbocycles. The average molecular weight is 331 g/mol. The number of rotatable bonds is 8. The molecular formula is C19H29N3O2. The lowest BCUT2D eigenvalue weighted by Crippen LogP contribution is -2.41. The molecule has 0 spiro atoms. The van der Waals surface area contributed by atoms with E-state index in [9.17, 15) is 9.59 Å². The largest absolute Gasteiger partial charge is 0.388 e. The second kappa shape index (κ2) is 10.5. The highest BCUT2D eigenvalue weighted by Crippen LogP contribution is 2.15. The molecule has 1 saturated heterocycles. The molecule has 132 valence electrons. The third kappa shape index (κ3) is 6.07. The molecule has 0 saturated carbocycles. The smallest absolute Gasteiger partial charge is 0.242 e. The lowest BCUT2D eigenvalue weighted by atomic mass is 10.1. The molecule has 0 aromatic heterocycles. The predicted octanol–water partition coefficient (Wildman–Crippen LogP) is 2.30. The maximum atomic E-state index is 12.0. The van der Waals surface area contributed by atoms with Crippen molar-refractivity contribution >= 4 is 11.8 Å². The van der Waals surface area contributed by atoms with E-state index in [1.54, 1.807) is 12.2 Å². The van der Waals surface area contributed by atoms with Gasteiger partial charge in [0.15, 0.2) is 0 Å². The Morgan fingerprint density at radius 3 is 2.67 bits per heavy atom. The minimum Gasteiger partial charge on any atom is -0.388 e. The molecule has 1 heterocycles. The van der Waals surface area contributed by atoms with Gasteiger partial charge in [0.2, 0.25) is 11.8 Å². The van der Waals surface area contributed by atoms with Crippen molar-refractivity contribution in [2.45, 2.75) is 39.2 Å². The van der Waals surface area contributed by atoms with Gasteiger partial charge in [-0.05, 0) is 38.3 Å². The second-order valence-corrected chi connectivity index (χ2v) is 5.77. The van der Waals surface area contributed by atoms with Crippen molar-refractivity contribution in [3.8, 4) is 0 Å². The van der Waals surface area contributed by atoms with Crippen LogP contribution >= 0.6 is 0 Å². The fourth-order valence-electron chi connectivity index (χ4n) is 2.73. The number of allylic oxidation sites excluding steroid dienone is 4. The summed E-state index contributed by atoms with van der Waals surface area (Å²) in [6.45, 7) is 8.53. The van der Waals surface area contributed by atoms with Crippen LogP contribution in [0.1, 0.15) is 33.1 Å². The molecule has 1 aliphatic heterocycles. The van der Waals surface area contributed by atoms with E-state index in [0.717, 1.165) is 30.7 Å². The third-order valence-electron chi connectivity index (χ3n) is 4.09. The summed E-state index contributed by atoms with van der Waals surface area (Å²) in [6.07, 6.45) is 11.5. The summed E-state index contributed by atoms with van der Waals surface area (Å²) in [5.41, 5.74) is 1.91. The van der Waals surface area contributed by atoms with Crippen molar-refractivity contribution in [3.05, 3.63) is 48.2 Å². The van der Waals surface area contributed by atoms with E-state index < -0.39 is 0 Å². The van der Waals surface area contributed by atoms with Gasteiger partial charge in [-0.1, -0.05) is 30.9 Å². The van der Waals surface area contributed by atoms with E-state index in [0.29, 0.717) is 0 Å². The first-order valence-electron chi connectivity index (χ1n) is 8.43. The fourth-order valence-corrected chi connectivity index (χ4v) is 2.73. The summed E-state index contributed by atoms with van der Waals surface area (Å²) < 4.78 is 0. The van der Waals surface area contributed by atoms with Gasteiger partial charge in [-0.2, -0.15) is 0 Å². The van der Waals surface area contributed by atoms with Crippen LogP contribution < -0.4 is 10.6 Å². The SMILES string of the molecule is C=C/C=C(/NC)C(=CC)/C=C\CC(=O)NCC(=O)N1CCC[C@@H]1C. The van der Waals surface area contributed by atoms with E-state index in [1.165, 1.54) is 0 Å². The van der Waals surface area contributed by atoms with Crippen molar-refractivity contribution in [2.75, 3.05) is 20.1 Å². The van der Waals surface area contributed by atoms with Gasteiger partial charge in [-0.3, -0.25) is 9.59 Å². The molecule has 0 bridgehead atoms. The van der Waals surface area contributed by atoms with Crippen LogP contribution in [0.2, 0.25) is 0 Å². The summed E-state index contributed by atoms with van der Waals surface area (Å²) in [5.74, 6) is -0.154. The Kier molecular flexibility index (Phi) is 8.61. The van der Waals surface area contributed by atoms with Crippen LogP contribution in [-0.2, 0) is 9.59 Å². The highest BCUT2D eigenvalue weighted by Gasteiger charge is 2.24. The number of nitrogens with zero attached hydrogens (tertiary/aromatic N) is 1. The van der Waals surface area contributed by atoms with Crippen molar-refractivity contribution in [1.82, 2.24) is 15.5 Å². The zero-order valence-electron chi connectivity index (χ0n) is 15.0. The first-order chi connectivity index (χ1) is 11.5. The molecule has 1 fully saturated rings. The van der Waals surface area contributed by atoms with Gasteiger partial charge in [0, 0.05) is 31.8 Å². The Labute approximate surface area is 145 Å². The maximum Gasteiger partial charge on any atom is 0.242 e. The first-order valence-corrected chi connectivity index (χ1v) is 8.43. The average Bonchev–Trinajstić information content (AvgIpc) is 3.01.